The Kier molecular flexibility index (Phi) is 7.43. The van der Waals surface area contributed by atoms with Crippen molar-refractivity contribution in [3.63, 3.8) is 0 Å². The molecule has 7 nitrogen and oxygen atoms in total. The molecule has 0 aliphatic rings. The monoisotopic (exact) mass is 455 g/mol. The van der Waals surface area contributed by atoms with Gasteiger partial charge >= 0.3 is 0 Å². The summed E-state index contributed by atoms with van der Waals surface area (Å²) >= 11 is 6.54. The first-order valence-corrected chi connectivity index (χ1v) is 10.3. The summed E-state index contributed by atoms with van der Waals surface area (Å²) in [5.41, 5.74) is 4.22. The first kappa shape index (κ1) is 23.2. The second-order valence-electron chi connectivity index (χ2n) is 7.17. The van der Waals surface area contributed by atoms with Gasteiger partial charge < -0.3 is 19.5 Å². The van der Waals surface area contributed by atoms with Crippen LogP contribution in [0.25, 0.3) is 6.08 Å². The van der Waals surface area contributed by atoms with E-state index in [1.54, 1.807) is 22.9 Å². The van der Waals surface area contributed by atoms with Crippen LogP contribution in [-0.2, 0) is 11.3 Å². The first-order chi connectivity index (χ1) is 15.4. The number of aryl methyl sites for hydroxylation is 2. The van der Waals surface area contributed by atoms with Crippen LogP contribution in [0.5, 0.6) is 17.2 Å². The Hall–Kier alpha value is -3.45. The Morgan fingerprint density at radius 2 is 1.69 bits per heavy atom. The molecule has 0 radical (unpaired) electrons. The Bertz CT molecular complexity index is 1110. The van der Waals surface area contributed by atoms with Gasteiger partial charge in [0.1, 0.15) is 5.15 Å². The van der Waals surface area contributed by atoms with Gasteiger partial charge in [0.25, 0.3) is 0 Å². The molecule has 1 N–H and O–H groups in total. The quantitative estimate of drug-likeness (QED) is 0.490. The number of benzene rings is 2. The molecule has 32 heavy (non-hydrogen) atoms. The highest BCUT2D eigenvalue weighted by molar-refractivity contribution is 6.31. The number of amides is 1. The zero-order valence-corrected chi connectivity index (χ0v) is 19.5. The van der Waals surface area contributed by atoms with Crippen LogP contribution in [0.2, 0.25) is 5.15 Å². The van der Waals surface area contributed by atoms with Crippen molar-refractivity contribution in [2.75, 3.05) is 26.6 Å². The molecule has 0 saturated heterocycles. The van der Waals surface area contributed by atoms with Crippen molar-refractivity contribution in [2.45, 2.75) is 20.4 Å². The van der Waals surface area contributed by atoms with Crippen LogP contribution in [-0.4, -0.2) is 37.0 Å². The maximum absolute atomic E-state index is 12.5. The lowest BCUT2D eigenvalue weighted by molar-refractivity contribution is -0.111. The average Bonchev–Trinajstić information content (AvgIpc) is 3.05. The highest BCUT2D eigenvalue weighted by atomic mass is 35.5. The molecule has 8 heteroatoms. The van der Waals surface area contributed by atoms with Crippen LogP contribution in [0.15, 0.2) is 42.5 Å². The molecule has 1 aromatic heterocycles. The zero-order chi connectivity index (χ0) is 23.3. The van der Waals surface area contributed by atoms with E-state index in [1.165, 1.54) is 33.0 Å². The van der Waals surface area contributed by atoms with Gasteiger partial charge in [-0.1, -0.05) is 41.4 Å². The number of carbonyl (C=O) groups is 1. The molecule has 0 bridgehead atoms. The highest BCUT2D eigenvalue weighted by Gasteiger charge is 2.15. The van der Waals surface area contributed by atoms with Crippen molar-refractivity contribution in [3.8, 4) is 17.2 Å². The number of halogens is 1. The molecule has 3 rings (SSSR count). The van der Waals surface area contributed by atoms with E-state index in [9.17, 15) is 4.79 Å². The van der Waals surface area contributed by atoms with Gasteiger partial charge in [0.15, 0.2) is 11.5 Å². The number of nitrogens with zero attached hydrogens (tertiary/aromatic N) is 2. The molecule has 1 heterocycles. The lowest BCUT2D eigenvalue weighted by Crippen LogP contribution is -2.08. The van der Waals surface area contributed by atoms with Gasteiger partial charge in [-0.3, -0.25) is 4.79 Å². The highest BCUT2D eigenvalue weighted by Crippen LogP contribution is 2.39. The van der Waals surface area contributed by atoms with E-state index < -0.39 is 0 Å². The molecule has 0 unspecified atom stereocenters. The first-order valence-electron chi connectivity index (χ1n) is 9.93. The summed E-state index contributed by atoms with van der Waals surface area (Å²) in [6.45, 7) is 4.45. The van der Waals surface area contributed by atoms with E-state index >= 15 is 0 Å². The van der Waals surface area contributed by atoms with Crippen LogP contribution >= 0.6 is 11.6 Å². The molecule has 0 spiro atoms. The summed E-state index contributed by atoms with van der Waals surface area (Å²) in [7, 11) is 4.55. The van der Waals surface area contributed by atoms with Crippen molar-refractivity contribution in [3.05, 3.63) is 70.0 Å². The number of aromatic nitrogens is 2. The van der Waals surface area contributed by atoms with E-state index in [0.717, 1.165) is 11.3 Å². The minimum atomic E-state index is -0.332. The van der Waals surface area contributed by atoms with E-state index in [2.05, 4.69) is 10.4 Å². The van der Waals surface area contributed by atoms with Crippen LogP contribution in [0.3, 0.4) is 0 Å². The number of hydrogen-bond acceptors (Lipinski definition) is 5. The summed E-state index contributed by atoms with van der Waals surface area (Å²) in [5.74, 6) is 1.01. The third-order valence-corrected chi connectivity index (χ3v) is 5.29. The maximum atomic E-state index is 12.5. The Morgan fingerprint density at radius 3 is 2.25 bits per heavy atom. The molecular weight excluding hydrogens is 430 g/mol. The lowest BCUT2D eigenvalue weighted by atomic mass is 10.1. The van der Waals surface area contributed by atoms with E-state index in [-0.39, 0.29) is 5.91 Å². The molecule has 168 valence electrons. The molecule has 0 atom stereocenters. The molecule has 1 amide bonds. The number of carbonyl (C=O) groups excluding carboxylic acids is 1. The second-order valence-corrected chi connectivity index (χ2v) is 7.53. The minimum Gasteiger partial charge on any atom is -0.493 e. The van der Waals surface area contributed by atoms with Crippen molar-refractivity contribution in [1.82, 2.24) is 9.78 Å². The minimum absolute atomic E-state index is 0.332. The third kappa shape index (κ3) is 5.23. The fourth-order valence-corrected chi connectivity index (χ4v) is 3.52. The maximum Gasteiger partial charge on any atom is 0.248 e. The van der Waals surface area contributed by atoms with Gasteiger partial charge in [0.2, 0.25) is 11.7 Å². The zero-order valence-electron chi connectivity index (χ0n) is 18.7. The average molecular weight is 456 g/mol. The van der Waals surface area contributed by atoms with E-state index in [1.807, 2.05) is 38.1 Å². The Balaban J connectivity index is 1.76. The summed E-state index contributed by atoms with van der Waals surface area (Å²) in [6, 6.07) is 11.5. The predicted molar refractivity (Wildman–Crippen MR) is 126 cm³/mol. The molecule has 3 aromatic rings. The van der Waals surface area contributed by atoms with Crippen LogP contribution in [0.1, 0.15) is 22.4 Å². The summed E-state index contributed by atoms with van der Waals surface area (Å²) in [4.78, 5) is 12.5. The Morgan fingerprint density at radius 1 is 1.06 bits per heavy atom. The summed E-state index contributed by atoms with van der Waals surface area (Å²) in [6.07, 6.45) is 3.07. The lowest BCUT2D eigenvalue weighted by Gasteiger charge is -2.14. The van der Waals surface area contributed by atoms with Crippen LogP contribution in [0.4, 0.5) is 5.69 Å². The number of rotatable bonds is 8. The molecule has 0 aliphatic carbocycles. The van der Waals surface area contributed by atoms with Gasteiger partial charge in [-0.2, -0.15) is 5.10 Å². The molecule has 0 aliphatic heterocycles. The summed E-state index contributed by atoms with van der Waals surface area (Å²) in [5, 5.41) is 7.77. The van der Waals surface area contributed by atoms with Gasteiger partial charge in [-0.05, 0) is 25.5 Å². The molecular formula is C24H26ClN3O4. The smallest absolute Gasteiger partial charge is 0.248 e. The number of nitrogens with one attached hydrogen (secondary N) is 1. The van der Waals surface area contributed by atoms with Gasteiger partial charge in [0, 0.05) is 29.5 Å². The summed E-state index contributed by atoms with van der Waals surface area (Å²) < 4.78 is 17.7. The normalized spacial score (nSPS) is 10.9. The predicted octanol–water partition coefficient (Wildman–Crippen LogP) is 4.88. The van der Waals surface area contributed by atoms with Crippen molar-refractivity contribution >= 4 is 29.3 Å². The van der Waals surface area contributed by atoms with Gasteiger partial charge in [-0.25, -0.2) is 4.68 Å². The Labute approximate surface area is 192 Å². The number of methoxy groups -OCH3 is 3. The standard InChI is InChI=1S/C24H26ClN3O4/c1-15-6-8-17(9-7-15)14-28-24(25)19(16(2)27-28)10-11-22(29)26-18-12-20(30-3)23(32-5)21(13-18)31-4/h6-13H,14H2,1-5H3,(H,26,29)/b11-10+. The van der Waals surface area contributed by atoms with Crippen molar-refractivity contribution in [1.29, 1.82) is 0 Å². The molecule has 0 saturated carbocycles. The van der Waals surface area contributed by atoms with Gasteiger partial charge in [0.05, 0.1) is 33.6 Å². The van der Waals surface area contributed by atoms with E-state index in [0.29, 0.717) is 40.2 Å². The van der Waals surface area contributed by atoms with Crippen molar-refractivity contribution in [2.24, 2.45) is 0 Å². The third-order valence-electron chi connectivity index (χ3n) is 4.90. The van der Waals surface area contributed by atoms with Crippen LogP contribution in [0, 0.1) is 13.8 Å². The van der Waals surface area contributed by atoms with Crippen LogP contribution < -0.4 is 19.5 Å². The topological polar surface area (TPSA) is 74.6 Å². The molecule has 2 aromatic carbocycles. The van der Waals surface area contributed by atoms with Gasteiger partial charge in [-0.15, -0.1) is 0 Å². The fourth-order valence-electron chi connectivity index (χ4n) is 3.22. The molecule has 0 fully saturated rings. The second kappa shape index (κ2) is 10.2. The number of anilines is 1. The van der Waals surface area contributed by atoms with Crippen molar-refractivity contribution < 1.29 is 19.0 Å². The SMILES string of the molecule is COc1cc(NC(=O)/C=C/c2c(C)nn(Cc3ccc(C)cc3)c2Cl)cc(OC)c1OC. The number of hydrogen-bond donors (Lipinski definition) is 1. The number of ether oxygens (including phenoxy) is 3. The van der Waals surface area contributed by atoms with E-state index in [4.69, 9.17) is 25.8 Å². The fraction of sp³-hybridized carbons (Fsp3) is 0.250. The largest absolute Gasteiger partial charge is 0.493 e.